The van der Waals surface area contributed by atoms with E-state index in [1.807, 2.05) is 0 Å². The second kappa shape index (κ2) is 6.10. The highest BCUT2D eigenvalue weighted by molar-refractivity contribution is 6.03. The van der Waals surface area contributed by atoms with E-state index >= 15 is 0 Å². The van der Waals surface area contributed by atoms with Gasteiger partial charge in [0.05, 0.1) is 6.61 Å². The van der Waals surface area contributed by atoms with Gasteiger partial charge in [-0.25, -0.2) is 15.2 Å². The summed E-state index contributed by atoms with van der Waals surface area (Å²) < 4.78 is 4.95. The van der Waals surface area contributed by atoms with E-state index in [0.717, 1.165) is 13.0 Å². The molecule has 0 unspecified atom stereocenters. The van der Waals surface area contributed by atoms with Crippen LogP contribution in [0, 0.1) is 0 Å². The van der Waals surface area contributed by atoms with Gasteiger partial charge in [-0.3, -0.25) is 5.10 Å². The van der Waals surface area contributed by atoms with Gasteiger partial charge in [0.25, 0.3) is 0 Å². The molecule has 19 heavy (non-hydrogen) atoms. The summed E-state index contributed by atoms with van der Waals surface area (Å²) in [5.74, 6) is 0.0735. The van der Waals surface area contributed by atoms with Gasteiger partial charge in [-0.15, -0.1) is 5.10 Å². The molecular weight excluding hydrogens is 248 g/mol. The van der Waals surface area contributed by atoms with Crippen LogP contribution in [0.4, 0.5) is 5.82 Å². The first-order valence-electron chi connectivity index (χ1n) is 6.13. The summed E-state index contributed by atoms with van der Waals surface area (Å²) in [6.45, 7) is 4.90. The maximum absolute atomic E-state index is 11.8. The SMILES string of the molecule is CCCNNc1ncc(C(=O)OCC)c2[nH]nnc12. The number of aromatic nitrogens is 4. The Hall–Kier alpha value is -2.22. The van der Waals surface area contributed by atoms with E-state index in [-0.39, 0.29) is 0 Å². The highest BCUT2D eigenvalue weighted by Crippen LogP contribution is 2.20. The minimum Gasteiger partial charge on any atom is -0.462 e. The van der Waals surface area contributed by atoms with E-state index in [9.17, 15) is 4.79 Å². The van der Waals surface area contributed by atoms with Gasteiger partial charge >= 0.3 is 5.97 Å². The summed E-state index contributed by atoms with van der Waals surface area (Å²) in [6, 6.07) is 0. The number of esters is 1. The summed E-state index contributed by atoms with van der Waals surface area (Å²) >= 11 is 0. The van der Waals surface area contributed by atoms with Crippen molar-refractivity contribution in [3.8, 4) is 0 Å². The van der Waals surface area contributed by atoms with Gasteiger partial charge in [0.2, 0.25) is 0 Å². The molecule has 0 aliphatic carbocycles. The lowest BCUT2D eigenvalue weighted by Gasteiger charge is -2.08. The highest BCUT2D eigenvalue weighted by Gasteiger charge is 2.17. The molecule has 0 radical (unpaired) electrons. The van der Waals surface area contributed by atoms with Gasteiger partial charge in [0.1, 0.15) is 11.1 Å². The molecule has 2 aromatic rings. The zero-order valence-corrected chi connectivity index (χ0v) is 10.9. The molecule has 0 atom stereocenters. The second-order valence-corrected chi connectivity index (χ2v) is 3.83. The Morgan fingerprint density at radius 3 is 3.05 bits per heavy atom. The fourth-order valence-electron chi connectivity index (χ4n) is 1.56. The van der Waals surface area contributed by atoms with E-state index < -0.39 is 5.97 Å². The van der Waals surface area contributed by atoms with Crippen molar-refractivity contribution >= 4 is 22.8 Å². The predicted octanol–water partition coefficient (Wildman–Crippen LogP) is 0.856. The van der Waals surface area contributed by atoms with E-state index in [2.05, 4.69) is 38.2 Å². The van der Waals surface area contributed by atoms with Crippen LogP contribution in [0.5, 0.6) is 0 Å². The molecule has 0 amide bonds. The Bertz CT molecular complexity index is 567. The van der Waals surface area contributed by atoms with Gasteiger partial charge < -0.3 is 10.2 Å². The molecule has 0 aliphatic rings. The van der Waals surface area contributed by atoms with Gasteiger partial charge in [-0.05, 0) is 13.3 Å². The molecule has 2 aromatic heterocycles. The van der Waals surface area contributed by atoms with Gasteiger partial charge in [0, 0.05) is 12.7 Å². The Balaban J connectivity index is 2.30. The lowest BCUT2D eigenvalue weighted by molar-refractivity contribution is 0.0528. The zero-order chi connectivity index (χ0) is 13.7. The number of ether oxygens (including phenoxy) is 1. The highest BCUT2D eigenvalue weighted by atomic mass is 16.5. The summed E-state index contributed by atoms with van der Waals surface area (Å²) in [4.78, 5) is 15.9. The van der Waals surface area contributed by atoms with Crippen molar-refractivity contribution in [2.24, 2.45) is 0 Å². The fourth-order valence-corrected chi connectivity index (χ4v) is 1.56. The lowest BCUT2D eigenvalue weighted by Crippen LogP contribution is -2.23. The van der Waals surface area contributed by atoms with Crippen molar-refractivity contribution in [3.05, 3.63) is 11.8 Å². The molecule has 8 nitrogen and oxygen atoms in total. The van der Waals surface area contributed by atoms with Crippen molar-refractivity contribution in [1.82, 2.24) is 25.8 Å². The molecule has 8 heteroatoms. The molecule has 102 valence electrons. The molecule has 0 spiro atoms. The van der Waals surface area contributed by atoms with Crippen LogP contribution in [0.15, 0.2) is 6.20 Å². The molecule has 0 bridgehead atoms. The number of nitrogens with one attached hydrogen (secondary N) is 3. The summed E-state index contributed by atoms with van der Waals surface area (Å²) in [5.41, 5.74) is 7.26. The number of H-pyrrole nitrogens is 1. The van der Waals surface area contributed by atoms with Crippen LogP contribution < -0.4 is 10.9 Å². The van der Waals surface area contributed by atoms with Crippen LogP contribution in [-0.2, 0) is 4.74 Å². The number of carbonyl (C=O) groups excluding carboxylic acids is 1. The Morgan fingerprint density at radius 1 is 1.47 bits per heavy atom. The number of hydrazine groups is 1. The lowest BCUT2D eigenvalue weighted by atomic mass is 10.2. The van der Waals surface area contributed by atoms with Crippen LogP contribution in [0.1, 0.15) is 30.6 Å². The first-order valence-corrected chi connectivity index (χ1v) is 6.13. The molecule has 0 saturated carbocycles. The van der Waals surface area contributed by atoms with Crippen molar-refractivity contribution in [2.75, 3.05) is 18.6 Å². The average Bonchev–Trinajstić information content (AvgIpc) is 2.88. The van der Waals surface area contributed by atoms with E-state index in [1.165, 1.54) is 6.20 Å². The molecule has 0 saturated heterocycles. The molecule has 0 aromatic carbocycles. The molecule has 0 aliphatic heterocycles. The third-order valence-electron chi connectivity index (χ3n) is 2.44. The average molecular weight is 264 g/mol. The van der Waals surface area contributed by atoms with Crippen molar-refractivity contribution < 1.29 is 9.53 Å². The number of anilines is 1. The van der Waals surface area contributed by atoms with Gasteiger partial charge in [0.15, 0.2) is 11.3 Å². The molecule has 2 heterocycles. The Kier molecular flexibility index (Phi) is 4.24. The number of hydrogen-bond acceptors (Lipinski definition) is 7. The Morgan fingerprint density at radius 2 is 2.32 bits per heavy atom. The van der Waals surface area contributed by atoms with Crippen molar-refractivity contribution in [2.45, 2.75) is 20.3 Å². The molecular formula is C11H16N6O2. The normalized spacial score (nSPS) is 10.6. The topological polar surface area (TPSA) is 105 Å². The number of aromatic amines is 1. The largest absolute Gasteiger partial charge is 0.462 e. The first-order chi connectivity index (χ1) is 9.27. The van der Waals surface area contributed by atoms with Crippen molar-refractivity contribution in [3.63, 3.8) is 0 Å². The van der Waals surface area contributed by atoms with E-state index in [0.29, 0.717) is 29.0 Å². The standard InChI is InChI=1S/C11H16N6O2/c1-3-5-13-16-10-9-8(14-17-15-9)7(6-12-10)11(18)19-4-2/h6,13H,3-5H2,1-2H3,(H,12,16)(H,14,15,17). The van der Waals surface area contributed by atoms with Gasteiger partial charge in [-0.1, -0.05) is 12.1 Å². The minimum absolute atomic E-state index is 0.306. The Labute approximate surface area is 109 Å². The number of rotatable bonds is 6. The van der Waals surface area contributed by atoms with Crippen molar-refractivity contribution in [1.29, 1.82) is 0 Å². The molecule has 2 rings (SSSR count). The smallest absolute Gasteiger partial charge is 0.341 e. The maximum atomic E-state index is 11.8. The number of carbonyl (C=O) groups is 1. The number of nitrogens with zero attached hydrogens (tertiary/aromatic N) is 3. The summed E-state index contributed by atoms with van der Waals surface area (Å²) in [5, 5.41) is 10.3. The van der Waals surface area contributed by atoms with Crippen LogP contribution >= 0.6 is 0 Å². The van der Waals surface area contributed by atoms with Crippen LogP contribution in [0.3, 0.4) is 0 Å². The third-order valence-corrected chi connectivity index (χ3v) is 2.44. The fraction of sp³-hybridized carbons (Fsp3) is 0.455. The zero-order valence-electron chi connectivity index (χ0n) is 10.9. The van der Waals surface area contributed by atoms with E-state index in [1.54, 1.807) is 6.92 Å². The van der Waals surface area contributed by atoms with Crippen LogP contribution in [-0.4, -0.2) is 39.5 Å². The predicted molar refractivity (Wildman–Crippen MR) is 69.6 cm³/mol. The minimum atomic E-state index is -0.445. The van der Waals surface area contributed by atoms with Crippen LogP contribution in [0.2, 0.25) is 0 Å². The molecule has 3 N–H and O–H groups in total. The monoisotopic (exact) mass is 264 g/mol. The quantitative estimate of drug-likeness (QED) is 0.403. The summed E-state index contributed by atoms with van der Waals surface area (Å²) in [7, 11) is 0. The first kappa shape index (κ1) is 13.2. The second-order valence-electron chi connectivity index (χ2n) is 3.83. The number of fused-ring (bicyclic) bond motifs is 1. The summed E-state index contributed by atoms with van der Waals surface area (Å²) in [6.07, 6.45) is 2.42. The van der Waals surface area contributed by atoms with Crippen LogP contribution in [0.25, 0.3) is 11.0 Å². The van der Waals surface area contributed by atoms with Gasteiger partial charge in [-0.2, -0.15) is 0 Å². The maximum Gasteiger partial charge on any atom is 0.341 e. The van der Waals surface area contributed by atoms with E-state index in [4.69, 9.17) is 4.74 Å². The molecule has 0 fully saturated rings. The third kappa shape index (κ3) is 2.79. The number of pyridine rings is 1. The number of hydrogen-bond donors (Lipinski definition) is 3.